The molecule has 0 saturated heterocycles. The Morgan fingerprint density at radius 1 is 1.36 bits per heavy atom. The van der Waals surface area contributed by atoms with Gasteiger partial charge < -0.3 is 16.4 Å². The lowest BCUT2D eigenvalue weighted by Gasteiger charge is -2.13. The molecule has 2 rings (SSSR count). The summed E-state index contributed by atoms with van der Waals surface area (Å²) in [7, 11) is 1.55. The third kappa shape index (κ3) is 1.37. The van der Waals surface area contributed by atoms with E-state index < -0.39 is 5.41 Å². The molecule has 5 nitrogen and oxygen atoms in total. The lowest BCUT2D eigenvalue weighted by atomic mass is 10.1. The zero-order valence-corrected chi connectivity index (χ0v) is 8.17. The number of carbonyl (C=O) groups excluding carboxylic acids is 2. The fourth-order valence-electron chi connectivity index (χ4n) is 1.61. The van der Waals surface area contributed by atoms with Crippen LogP contribution in [0.25, 0.3) is 0 Å². The van der Waals surface area contributed by atoms with Crippen LogP contribution in [0, 0.1) is 5.41 Å². The van der Waals surface area contributed by atoms with Crippen molar-refractivity contribution >= 4 is 11.8 Å². The van der Waals surface area contributed by atoms with Crippen LogP contribution >= 0.6 is 0 Å². The minimum absolute atomic E-state index is 0.0828. The first-order chi connectivity index (χ1) is 6.60. The number of carbonyl (C=O) groups is 2. The van der Waals surface area contributed by atoms with Gasteiger partial charge in [0.1, 0.15) is 5.41 Å². The van der Waals surface area contributed by atoms with E-state index in [-0.39, 0.29) is 23.9 Å². The highest BCUT2D eigenvalue weighted by Gasteiger charge is 2.57. The molecule has 0 heterocycles. The SMILES string of the molecule is CNC(=O)C1(C(=O)NC2CC2N)CC1. The lowest BCUT2D eigenvalue weighted by Crippen LogP contribution is -2.43. The normalized spacial score (nSPS) is 31.9. The van der Waals surface area contributed by atoms with Gasteiger partial charge in [0.15, 0.2) is 0 Å². The molecular weight excluding hydrogens is 182 g/mol. The van der Waals surface area contributed by atoms with Gasteiger partial charge in [-0.15, -0.1) is 0 Å². The van der Waals surface area contributed by atoms with Crippen LogP contribution in [0.4, 0.5) is 0 Å². The van der Waals surface area contributed by atoms with E-state index in [9.17, 15) is 9.59 Å². The summed E-state index contributed by atoms with van der Waals surface area (Å²) < 4.78 is 0. The number of amides is 2. The second-order valence-electron chi connectivity index (χ2n) is 4.14. The van der Waals surface area contributed by atoms with E-state index in [1.54, 1.807) is 7.05 Å². The minimum atomic E-state index is -0.781. The van der Waals surface area contributed by atoms with E-state index in [4.69, 9.17) is 5.73 Å². The molecule has 2 fully saturated rings. The Labute approximate surface area is 82.4 Å². The fraction of sp³-hybridized carbons (Fsp3) is 0.778. The molecule has 0 aromatic heterocycles. The highest BCUT2D eigenvalue weighted by Crippen LogP contribution is 2.46. The van der Waals surface area contributed by atoms with Gasteiger partial charge in [0, 0.05) is 19.1 Å². The molecule has 2 atom stereocenters. The number of rotatable bonds is 3. The van der Waals surface area contributed by atoms with Gasteiger partial charge in [0.25, 0.3) is 0 Å². The van der Waals surface area contributed by atoms with Gasteiger partial charge in [0.05, 0.1) is 0 Å². The van der Waals surface area contributed by atoms with E-state index in [1.165, 1.54) is 0 Å². The third-order valence-corrected chi connectivity index (χ3v) is 3.00. The van der Waals surface area contributed by atoms with E-state index in [1.807, 2.05) is 0 Å². The van der Waals surface area contributed by atoms with Gasteiger partial charge >= 0.3 is 0 Å². The van der Waals surface area contributed by atoms with Gasteiger partial charge in [-0.1, -0.05) is 0 Å². The summed E-state index contributed by atoms with van der Waals surface area (Å²) in [5.41, 5.74) is 4.79. The smallest absolute Gasteiger partial charge is 0.235 e. The minimum Gasteiger partial charge on any atom is -0.358 e. The average molecular weight is 197 g/mol. The van der Waals surface area contributed by atoms with Gasteiger partial charge in [0.2, 0.25) is 11.8 Å². The molecule has 0 aliphatic heterocycles. The summed E-state index contributed by atoms with van der Waals surface area (Å²) in [6.45, 7) is 0. The molecular formula is C9H15N3O2. The van der Waals surface area contributed by atoms with Crippen molar-refractivity contribution in [2.75, 3.05) is 7.05 Å². The zero-order valence-electron chi connectivity index (χ0n) is 8.17. The van der Waals surface area contributed by atoms with Crippen molar-refractivity contribution in [2.24, 2.45) is 11.1 Å². The molecule has 0 aromatic carbocycles. The lowest BCUT2D eigenvalue weighted by molar-refractivity contribution is -0.137. The van der Waals surface area contributed by atoms with Crippen LogP contribution in [0.1, 0.15) is 19.3 Å². The Kier molecular flexibility index (Phi) is 1.99. The summed E-state index contributed by atoms with van der Waals surface area (Å²) in [5, 5.41) is 5.32. The first-order valence-corrected chi connectivity index (χ1v) is 4.89. The van der Waals surface area contributed by atoms with Crippen LogP contribution in [0.15, 0.2) is 0 Å². The maximum absolute atomic E-state index is 11.7. The molecule has 2 unspecified atom stereocenters. The molecule has 4 N–H and O–H groups in total. The summed E-state index contributed by atoms with van der Waals surface area (Å²) in [5.74, 6) is -0.334. The zero-order chi connectivity index (χ0) is 10.3. The Balaban J connectivity index is 1.94. The Morgan fingerprint density at radius 3 is 2.29 bits per heavy atom. The number of nitrogens with one attached hydrogen (secondary N) is 2. The van der Waals surface area contributed by atoms with Crippen molar-refractivity contribution in [3.05, 3.63) is 0 Å². The summed E-state index contributed by atoms with van der Waals surface area (Å²) in [6.07, 6.45) is 2.14. The molecule has 2 aliphatic carbocycles. The molecule has 0 radical (unpaired) electrons. The van der Waals surface area contributed by atoms with Crippen LogP contribution in [0.5, 0.6) is 0 Å². The van der Waals surface area contributed by atoms with Crippen molar-refractivity contribution in [1.82, 2.24) is 10.6 Å². The predicted molar refractivity (Wildman–Crippen MR) is 50.3 cm³/mol. The van der Waals surface area contributed by atoms with E-state index in [0.717, 1.165) is 6.42 Å². The third-order valence-electron chi connectivity index (χ3n) is 3.00. The molecule has 14 heavy (non-hydrogen) atoms. The topological polar surface area (TPSA) is 84.2 Å². The van der Waals surface area contributed by atoms with E-state index >= 15 is 0 Å². The quantitative estimate of drug-likeness (QED) is 0.493. The van der Waals surface area contributed by atoms with Gasteiger partial charge in [-0.3, -0.25) is 9.59 Å². The highest BCUT2D eigenvalue weighted by atomic mass is 16.2. The van der Waals surface area contributed by atoms with Crippen LogP contribution < -0.4 is 16.4 Å². The molecule has 0 spiro atoms. The standard InChI is InChI=1S/C9H15N3O2/c1-11-7(13)9(2-3-9)8(14)12-6-4-5(6)10/h5-6H,2-4,10H2,1H3,(H,11,13)(H,12,14). The van der Waals surface area contributed by atoms with Crippen molar-refractivity contribution in [3.63, 3.8) is 0 Å². The molecule has 78 valence electrons. The second-order valence-corrected chi connectivity index (χ2v) is 4.14. The van der Waals surface area contributed by atoms with Crippen LogP contribution in [-0.4, -0.2) is 30.9 Å². The maximum Gasteiger partial charge on any atom is 0.235 e. The van der Waals surface area contributed by atoms with Crippen molar-refractivity contribution < 1.29 is 9.59 Å². The van der Waals surface area contributed by atoms with Crippen LogP contribution in [0.3, 0.4) is 0 Å². The first-order valence-electron chi connectivity index (χ1n) is 4.89. The molecule has 2 saturated carbocycles. The van der Waals surface area contributed by atoms with Crippen molar-refractivity contribution in [2.45, 2.75) is 31.3 Å². The molecule has 0 bridgehead atoms. The number of hydrogen-bond acceptors (Lipinski definition) is 3. The number of nitrogens with two attached hydrogens (primary N) is 1. The molecule has 5 heteroatoms. The first kappa shape index (κ1) is 9.45. The largest absolute Gasteiger partial charge is 0.358 e. The average Bonchev–Trinajstić information content (AvgIpc) is 3.03. The number of hydrogen-bond donors (Lipinski definition) is 3. The van der Waals surface area contributed by atoms with Gasteiger partial charge in [-0.2, -0.15) is 0 Å². The van der Waals surface area contributed by atoms with Crippen molar-refractivity contribution in [3.8, 4) is 0 Å². The van der Waals surface area contributed by atoms with Crippen molar-refractivity contribution in [1.29, 1.82) is 0 Å². The Morgan fingerprint density at radius 2 is 1.93 bits per heavy atom. The monoisotopic (exact) mass is 197 g/mol. The highest BCUT2D eigenvalue weighted by molar-refractivity contribution is 6.07. The maximum atomic E-state index is 11.7. The summed E-state index contributed by atoms with van der Waals surface area (Å²) >= 11 is 0. The predicted octanol–water partition coefficient (Wildman–Crippen LogP) is -1.27. The summed E-state index contributed by atoms with van der Waals surface area (Å²) in [6, 6.07) is 0.170. The van der Waals surface area contributed by atoms with Gasteiger partial charge in [-0.25, -0.2) is 0 Å². The van der Waals surface area contributed by atoms with Crippen LogP contribution in [-0.2, 0) is 9.59 Å². The second kappa shape index (κ2) is 2.95. The molecule has 2 amide bonds. The Hall–Kier alpha value is -1.10. The fourth-order valence-corrected chi connectivity index (χ4v) is 1.61. The summed E-state index contributed by atoms with van der Waals surface area (Å²) in [4.78, 5) is 23.1. The van der Waals surface area contributed by atoms with Crippen LogP contribution in [0.2, 0.25) is 0 Å². The Bertz CT molecular complexity index is 286. The molecule has 0 aromatic rings. The molecule has 2 aliphatic rings. The van der Waals surface area contributed by atoms with Gasteiger partial charge in [-0.05, 0) is 19.3 Å². The van der Waals surface area contributed by atoms with E-state index in [0.29, 0.717) is 12.8 Å². The van der Waals surface area contributed by atoms with E-state index in [2.05, 4.69) is 10.6 Å².